The van der Waals surface area contributed by atoms with Crippen LogP contribution < -0.4 is 5.32 Å². The third-order valence-corrected chi connectivity index (χ3v) is 2.15. The molecule has 0 aliphatic carbocycles. The summed E-state index contributed by atoms with van der Waals surface area (Å²) in [6, 6.07) is 8.95. The van der Waals surface area contributed by atoms with Crippen LogP contribution in [0.5, 0.6) is 0 Å². The zero-order chi connectivity index (χ0) is 12.0. The summed E-state index contributed by atoms with van der Waals surface area (Å²) in [7, 11) is 1.50. The number of carbonyl (C=O) groups is 1. The van der Waals surface area contributed by atoms with E-state index >= 15 is 0 Å². The minimum Gasteiger partial charge on any atom is -0.380 e. The van der Waals surface area contributed by atoms with Gasteiger partial charge < -0.3 is 9.84 Å². The van der Waals surface area contributed by atoms with Crippen LogP contribution in [0.1, 0.15) is 17.3 Å². The van der Waals surface area contributed by atoms with E-state index in [-0.39, 0.29) is 31.3 Å². The molecule has 0 bridgehead atoms. The number of benzene rings is 1. The van der Waals surface area contributed by atoms with Crippen LogP contribution >= 0.6 is 12.4 Å². The average Bonchev–Trinajstić information content (AvgIpc) is 2.27. The van der Waals surface area contributed by atoms with Crippen molar-refractivity contribution in [1.29, 1.82) is 0 Å². The van der Waals surface area contributed by atoms with Gasteiger partial charge in [-0.05, 0) is 6.92 Å². The van der Waals surface area contributed by atoms with E-state index in [0.717, 1.165) is 0 Å². The summed E-state index contributed by atoms with van der Waals surface area (Å²) in [5.74, 6) is -0.0584. The van der Waals surface area contributed by atoms with Crippen molar-refractivity contribution >= 4 is 18.2 Å². The first-order valence-electron chi connectivity index (χ1n) is 5.10. The maximum absolute atomic E-state index is 11.7. The Hall–Kier alpha value is -0.940. The Morgan fingerprint density at radius 2 is 2.00 bits per heavy atom. The van der Waals surface area contributed by atoms with Gasteiger partial charge in [-0.15, -0.1) is 12.4 Å². The molecule has 0 saturated heterocycles. The molecule has 1 atom stereocenters. The number of ether oxygens (including phenoxy) is 1. The highest BCUT2D eigenvalue weighted by Gasteiger charge is 2.20. The van der Waals surface area contributed by atoms with Crippen LogP contribution in [0.4, 0.5) is 0 Å². The molecule has 1 aromatic carbocycles. The van der Waals surface area contributed by atoms with E-state index in [1.807, 2.05) is 6.07 Å². The number of carbonyl (C=O) groups excluding carboxylic acids is 1. The lowest BCUT2D eigenvalue weighted by atomic mass is 10.1. The molecule has 5 heteroatoms. The molecule has 0 saturated carbocycles. The van der Waals surface area contributed by atoms with Gasteiger partial charge in [0.1, 0.15) is 5.72 Å². The molecule has 2 N–H and O–H groups in total. The number of Topliss-reactive ketones (excluding diaryl/α,β-unsaturated/α-hetero) is 1. The van der Waals surface area contributed by atoms with Crippen LogP contribution in [0.25, 0.3) is 0 Å². The van der Waals surface area contributed by atoms with Gasteiger partial charge in [-0.1, -0.05) is 30.3 Å². The standard InChI is InChI=1S/C12H17NO3.ClH/c1-12(15,9-16-2)13-8-11(14)10-6-4-3-5-7-10;/h3-7,13,15H,8-9H2,1-2H3;1H. The molecule has 96 valence electrons. The van der Waals surface area contributed by atoms with Crippen molar-refractivity contribution in [2.24, 2.45) is 0 Å². The second-order valence-corrected chi connectivity index (χ2v) is 3.85. The first-order chi connectivity index (χ1) is 7.55. The van der Waals surface area contributed by atoms with Crippen molar-refractivity contribution in [1.82, 2.24) is 5.32 Å². The molecule has 0 radical (unpaired) electrons. The topological polar surface area (TPSA) is 58.6 Å². The summed E-state index contributed by atoms with van der Waals surface area (Å²) < 4.78 is 4.82. The van der Waals surface area contributed by atoms with Crippen LogP contribution in [-0.4, -0.2) is 36.9 Å². The predicted octanol–water partition coefficient (Wildman–Crippen LogP) is 1.24. The molecular weight excluding hydrogens is 242 g/mol. The van der Waals surface area contributed by atoms with Gasteiger partial charge in [0.05, 0.1) is 13.2 Å². The Morgan fingerprint density at radius 1 is 1.41 bits per heavy atom. The largest absolute Gasteiger partial charge is 0.380 e. The Labute approximate surface area is 107 Å². The van der Waals surface area contributed by atoms with Gasteiger partial charge >= 0.3 is 0 Å². The summed E-state index contributed by atoms with van der Waals surface area (Å²) in [6.07, 6.45) is 0. The Kier molecular flexibility index (Phi) is 6.99. The number of aliphatic hydroxyl groups is 1. The van der Waals surface area contributed by atoms with Gasteiger partial charge in [-0.25, -0.2) is 0 Å². The second kappa shape index (κ2) is 7.40. The molecule has 1 rings (SSSR count). The first-order valence-corrected chi connectivity index (χ1v) is 5.10. The molecule has 0 aromatic heterocycles. The van der Waals surface area contributed by atoms with Gasteiger partial charge in [-0.3, -0.25) is 10.1 Å². The van der Waals surface area contributed by atoms with Crippen LogP contribution in [-0.2, 0) is 4.74 Å². The van der Waals surface area contributed by atoms with E-state index in [2.05, 4.69) is 5.32 Å². The smallest absolute Gasteiger partial charge is 0.176 e. The summed E-state index contributed by atoms with van der Waals surface area (Å²) in [6.45, 7) is 1.78. The quantitative estimate of drug-likeness (QED) is 0.596. The molecule has 1 aromatic rings. The van der Waals surface area contributed by atoms with Gasteiger partial charge in [-0.2, -0.15) is 0 Å². The van der Waals surface area contributed by atoms with E-state index < -0.39 is 5.72 Å². The predicted molar refractivity (Wildman–Crippen MR) is 68.5 cm³/mol. The molecule has 0 heterocycles. The summed E-state index contributed by atoms with van der Waals surface area (Å²) in [5, 5.41) is 12.5. The molecule has 4 nitrogen and oxygen atoms in total. The van der Waals surface area contributed by atoms with Crippen molar-refractivity contribution in [3.63, 3.8) is 0 Å². The minimum absolute atomic E-state index is 0. The lowest BCUT2D eigenvalue weighted by molar-refractivity contribution is -0.0405. The summed E-state index contributed by atoms with van der Waals surface area (Å²) >= 11 is 0. The highest BCUT2D eigenvalue weighted by Crippen LogP contribution is 2.02. The number of hydrogen-bond acceptors (Lipinski definition) is 4. The van der Waals surface area contributed by atoms with E-state index in [1.165, 1.54) is 7.11 Å². The van der Waals surface area contributed by atoms with Gasteiger partial charge in [0.25, 0.3) is 0 Å². The zero-order valence-corrected chi connectivity index (χ0v) is 10.8. The van der Waals surface area contributed by atoms with E-state index in [0.29, 0.717) is 5.56 Å². The number of nitrogens with one attached hydrogen (secondary N) is 1. The maximum Gasteiger partial charge on any atom is 0.176 e. The molecule has 0 aliphatic rings. The van der Waals surface area contributed by atoms with Gasteiger partial charge in [0, 0.05) is 12.7 Å². The SMILES string of the molecule is COCC(C)(O)NCC(=O)c1ccccc1.Cl. The normalized spacial score (nSPS) is 13.6. The Bertz CT molecular complexity index is 341. The number of methoxy groups -OCH3 is 1. The molecule has 0 spiro atoms. The van der Waals surface area contributed by atoms with Crippen LogP contribution in [0.3, 0.4) is 0 Å². The summed E-state index contributed by atoms with van der Waals surface area (Å²) in [4.78, 5) is 11.7. The highest BCUT2D eigenvalue weighted by atomic mass is 35.5. The number of ketones is 1. The van der Waals surface area contributed by atoms with Crippen LogP contribution in [0.2, 0.25) is 0 Å². The van der Waals surface area contributed by atoms with Crippen LogP contribution in [0, 0.1) is 0 Å². The maximum atomic E-state index is 11.7. The minimum atomic E-state index is -1.18. The Morgan fingerprint density at radius 3 is 2.53 bits per heavy atom. The number of rotatable bonds is 6. The monoisotopic (exact) mass is 259 g/mol. The third-order valence-electron chi connectivity index (χ3n) is 2.15. The van der Waals surface area contributed by atoms with Crippen molar-refractivity contribution in [3.05, 3.63) is 35.9 Å². The van der Waals surface area contributed by atoms with E-state index in [1.54, 1.807) is 31.2 Å². The lowest BCUT2D eigenvalue weighted by Gasteiger charge is -2.23. The third kappa shape index (κ3) is 5.79. The molecule has 1 unspecified atom stereocenters. The highest BCUT2D eigenvalue weighted by molar-refractivity contribution is 5.97. The molecule has 0 fully saturated rings. The number of halogens is 1. The first kappa shape index (κ1) is 16.1. The van der Waals surface area contributed by atoms with E-state index in [9.17, 15) is 9.90 Å². The molecule has 17 heavy (non-hydrogen) atoms. The van der Waals surface area contributed by atoms with Crippen molar-refractivity contribution < 1.29 is 14.6 Å². The molecule has 0 aliphatic heterocycles. The lowest BCUT2D eigenvalue weighted by Crippen LogP contribution is -2.48. The van der Waals surface area contributed by atoms with Crippen LogP contribution in [0.15, 0.2) is 30.3 Å². The Balaban J connectivity index is 0.00000256. The fourth-order valence-corrected chi connectivity index (χ4v) is 1.33. The second-order valence-electron chi connectivity index (χ2n) is 3.85. The van der Waals surface area contributed by atoms with E-state index in [4.69, 9.17) is 4.74 Å². The van der Waals surface area contributed by atoms with Crippen molar-refractivity contribution in [2.45, 2.75) is 12.6 Å². The summed E-state index contributed by atoms with van der Waals surface area (Å²) in [5.41, 5.74) is -0.553. The molecule has 0 amide bonds. The van der Waals surface area contributed by atoms with Crippen molar-refractivity contribution in [2.75, 3.05) is 20.3 Å². The average molecular weight is 260 g/mol. The van der Waals surface area contributed by atoms with Gasteiger partial charge in [0.2, 0.25) is 0 Å². The fourth-order valence-electron chi connectivity index (χ4n) is 1.33. The van der Waals surface area contributed by atoms with Gasteiger partial charge in [0.15, 0.2) is 5.78 Å². The molecular formula is C12H18ClNO3. The fraction of sp³-hybridized carbons (Fsp3) is 0.417. The zero-order valence-electron chi connectivity index (χ0n) is 9.97. The van der Waals surface area contributed by atoms with Crippen molar-refractivity contribution in [3.8, 4) is 0 Å². The number of hydrogen-bond donors (Lipinski definition) is 2.